The number of nitrogens with one attached hydrogen (secondary N) is 1. The summed E-state index contributed by atoms with van der Waals surface area (Å²) in [5.74, 6) is 0. The highest BCUT2D eigenvalue weighted by Crippen LogP contribution is 2.16. The van der Waals surface area contributed by atoms with E-state index in [-0.39, 0.29) is 0 Å². The molecular weight excluding hydrogens is 795 g/mol. The summed E-state index contributed by atoms with van der Waals surface area (Å²) in [4.78, 5) is 27.6. The second kappa shape index (κ2) is 66.0. The second-order valence-corrected chi connectivity index (χ2v) is 17.4. The van der Waals surface area contributed by atoms with Crippen LogP contribution in [0, 0.1) is 0 Å². The van der Waals surface area contributed by atoms with Crippen molar-refractivity contribution in [2.24, 2.45) is 4.99 Å². The third-order valence-electron chi connectivity index (χ3n) is 11.4. The highest BCUT2D eigenvalue weighted by molar-refractivity contribution is 7.97. The molecule has 0 amide bonds. The van der Waals surface area contributed by atoms with Crippen molar-refractivity contribution in [2.45, 2.75) is 265 Å². The molecule has 368 valence electrons. The number of nitrogens with zero attached hydrogens (tertiary/aromatic N) is 2. The summed E-state index contributed by atoms with van der Waals surface area (Å²) in [6, 6.07) is 0. The minimum atomic E-state index is 0.506. The van der Waals surface area contributed by atoms with Crippen molar-refractivity contribution in [2.75, 3.05) is 52.9 Å². The minimum Gasteiger partial charge on any atom is -0.381 e. The number of methoxy groups -OCH3 is 2. The highest BCUT2D eigenvalue weighted by Gasteiger charge is 2.07. The van der Waals surface area contributed by atoms with E-state index in [2.05, 4.69) is 54.9 Å². The maximum Gasteiger partial charge on any atom is 0.119 e. The molecule has 0 aliphatic heterocycles. The first kappa shape index (κ1) is 67.0. The van der Waals surface area contributed by atoms with Crippen molar-refractivity contribution in [1.82, 2.24) is 9.62 Å². The number of hydrogen-bond donors (Lipinski definition) is 2. The van der Waals surface area contributed by atoms with Crippen LogP contribution in [0.4, 0.5) is 0 Å². The molecular formula is C52H109N3O4S2. The lowest BCUT2D eigenvalue weighted by Crippen LogP contribution is -2.27. The number of ether oxygens (including phenoxy) is 2. The molecule has 7 nitrogen and oxygen atoms in total. The van der Waals surface area contributed by atoms with Crippen LogP contribution in [0.25, 0.3) is 0 Å². The number of aliphatic imine (C=N–C) groups is 1. The van der Waals surface area contributed by atoms with E-state index in [1.165, 1.54) is 199 Å². The first-order chi connectivity index (χ1) is 30.0. The van der Waals surface area contributed by atoms with Crippen LogP contribution in [0.15, 0.2) is 4.99 Å². The molecule has 0 heterocycles. The van der Waals surface area contributed by atoms with E-state index in [9.17, 15) is 9.59 Å². The molecule has 0 bridgehead atoms. The smallest absolute Gasteiger partial charge is 0.119 e. The average Bonchev–Trinajstić information content (AvgIpc) is 3.29. The predicted octanol–water partition coefficient (Wildman–Crippen LogP) is 15.9. The number of rotatable bonds is 46. The SMILES string of the molecule is CCCCCCCCC(CC)OC.CCCCCCCCC(CCCCCCCC)OC.CS.CSNC=NCCCN(CCCCCCCC=O)CCCCCCCC=O. The predicted molar refractivity (Wildman–Crippen MR) is 279 cm³/mol. The topological polar surface area (TPSA) is 80.2 Å². The molecule has 0 aliphatic rings. The summed E-state index contributed by atoms with van der Waals surface area (Å²) in [6.45, 7) is 13.4. The Labute approximate surface area is 393 Å². The number of carbonyl (C=O) groups excluding carboxylic acids is 2. The van der Waals surface area contributed by atoms with E-state index in [0.717, 1.165) is 51.3 Å². The molecule has 0 rings (SSSR count). The van der Waals surface area contributed by atoms with Gasteiger partial charge in [-0.2, -0.15) is 12.6 Å². The van der Waals surface area contributed by atoms with Crippen molar-refractivity contribution in [3.05, 3.63) is 0 Å². The summed E-state index contributed by atoms with van der Waals surface area (Å²) < 4.78 is 14.0. The Morgan fingerprint density at radius 1 is 0.508 bits per heavy atom. The van der Waals surface area contributed by atoms with Crippen molar-refractivity contribution >= 4 is 43.5 Å². The van der Waals surface area contributed by atoms with Crippen LogP contribution < -0.4 is 4.72 Å². The first-order valence-electron chi connectivity index (χ1n) is 25.9. The molecule has 61 heavy (non-hydrogen) atoms. The molecule has 0 spiro atoms. The van der Waals surface area contributed by atoms with Crippen molar-refractivity contribution in [3.8, 4) is 0 Å². The van der Waals surface area contributed by atoms with Crippen LogP contribution in [-0.4, -0.2) is 88.9 Å². The first-order valence-corrected chi connectivity index (χ1v) is 28.0. The van der Waals surface area contributed by atoms with E-state index >= 15 is 0 Å². The minimum absolute atomic E-state index is 0.506. The fourth-order valence-electron chi connectivity index (χ4n) is 7.39. The summed E-state index contributed by atoms with van der Waals surface area (Å²) in [5.41, 5.74) is 0. The van der Waals surface area contributed by atoms with Gasteiger partial charge in [0.25, 0.3) is 0 Å². The fraction of sp³-hybridized carbons (Fsp3) is 0.942. The van der Waals surface area contributed by atoms with Gasteiger partial charge in [-0.3, -0.25) is 4.99 Å². The van der Waals surface area contributed by atoms with Crippen molar-refractivity contribution < 1.29 is 19.1 Å². The van der Waals surface area contributed by atoms with E-state index in [4.69, 9.17) is 9.47 Å². The zero-order valence-corrected chi connectivity index (χ0v) is 44.1. The second-order valence-electron chi connectivity index (χ2n) is 16.8. The van der Waals surface area contributed by atoms with Crippen LogP contribution in [0.3, 0.4) is 0 Å². The van der Waals surface area contributed by atoms with Gasteiger partial charge in [0, 0.05) is 39.9 Å². The number of carbonyl (C=O) groups is 2. The zero-order valence-electron chi connectivity index (χ0n) is 42.3. The normalized spacial score (nSPS) is 11.5. The number of thiol groups is 1. The van der Waals surface area contributed by atoms with Gasteiger partial charge in [-0.1, -0.05) is 194 Å². The third kappa shape index (κ3) is 63.8. The summed E-state index contributed by atoms with van der Waals surface area (Å²) in [5, 5.41) is 0. The van der Waals surface area contributed by atoms with Crippen LogP contribution in [0.5, 0.6) is 0 Å². The summed E-state index contributed by atoms with van der Waals surface area (Å²) >= 11 is 5.09. The Morgan fingerprint density at radius 2 is 0.852 bits per heavy atom. The van der Waals surface area contributed by atoms with Gasteiger partial charge >= 0.3 is 0 Å². The van der Waals surface area contributed by atoms with Crippen LogP contribution in [0.2, 0.25) is 0 Å². The van der Waals surface area contributed by atoms with Gasteiger partial charge in [0.05, 0.1) is 18.5 Å². The van der Waals surface area contributed by atoms with Gasteiger partial charge < -0.3 is 28.7 Å². The van der Waals surface area contributed by atoms with Gasteiger partial charge in [-0.25, -0.2) is 0 Å². The van der Waals surface area contributed by atoms with Crippen LogP contribution in [0.1, 0.15) is 252 Å². The van der Waals surface area contributed by atoms with Crippen LogP contribution in [-0.2, 0) is 19.1 Å². The summed E-state index contributed by atoms with van der Waals surface area (Å²) in [7, 11) is 3.71. The molecule has 0 aliphatic carbocycles. The van der Waals surface area contributed by atoms with Gasteiger partial charge in [0.15, 0.2) is 0 Å². The molecule has 0 saturated carbocycles. The van der Waals surface area contributed by atoms with Gasteiger partial charge in [-0.15, -0.1) is 0 Å². The lowest BCUT2D eigenvalue weighted by molar-refractivity contribution is -0.108. The third-order valence-corrected chi connectivity index (χ3v) is 11.7. The van der Waals surface area contributed by atoms with Crippen molar-refractivity contribution in [1.29, 1.82) is 0 Å². The largest absolute Gasteiger partial charge is 0.381 e. The quantitative estimate of drug-likeness (QED) is 0.0157. The highest BCUT2D eigenvalue weighted by atomic mass is 32.2. The Kier molecular flexibility index (Phi) is 72.5. The molecule has 0 fully saturated rings. The molecule has 9 heteroatoms. The zero-order chi connectivity index (χ0) is 46.0. The Morgan fingerprint density at radius 3 is 1.21 bits per heavy atom. The van der Waals surface area contributed by atoms with Crippen LogP contribution >= 0.6 is 24.6 Å². The molecule has 0 aromatic heterocycles. The number of hydrogen-bond acceptors (Lipinski definition) is 8. The van der Waals surface area contributed by atoms with Gasteiger partial charge in [-0.05, 0) is 83.7 Å². The van der Waals surface area contributed by atoms with E-state index in [1.54, 1.807) is 24.5 Å². The molecule has 0 aromatic carbocycles. The van der Waals surface area contributed by atoms with Gasteiger partial charge in [0.2, 0.25) is 0 Å². The Hall–Kier alpha value is -0.610. The Balaban J connectivity index is -0.000000416. The van der Waals surface area contributed by atoms with E-state index in [0.29, 0.717) is 25.0 Å². The lowest BCUT2D eigenvalue weighted by atomic mass is 10.0. The van der Waals surface area contributed by atoms with E-state index in [1.807, 2.05) is 20.5 Å². The maximum atomic E-state index is 10.3. The Bertz CT molecular complexity index is 754. The standard InChI is InChI=1S/C21H41N3O2S.C18H38O.C12H26O.CH4S/c1-27-23-21-22-15-14-18-24(16-10-6-2-4-8-12-19-25)17-11-7-3-5-9-13-20-26;1-4-6-8-10-12-14-16-18(19-3)17-15-13-11-9-7-5-2;1-4-6-7-8-9-10-11-12(5-2)13-3;1-2/h19-21H,2-18H2,1H3,(H,22,23);18H,4-17H2,1-3H3;12H,4-11H2,1-3H3;2H,1H3. The molecule has 0 saturated heterocycles. The molecule has 0 radical (unpaired) electrons. The molecule has 1 atom stereocenters. The van der Waals surface area contributed by atoms with Crippen molar-refractivity contribution in [3.63, 3.8) is 0 Å². The number of unbranched alkanes of at least 4 members (excludes halogenated alkanes) is 25. The average molecular weight is 905 g/mol. The fourth-order valence-corrected chi connectivity index (χ4v) is 7.57. The summed E-state index contributed by atoms with van der Waals surface area (Å²) in [6.07, 6.45) is 53.0. The molecule has 1 N–H and O–H groups in total. The van der Waals surface area contributed by atoms with Gasteiger partial charge in [0.1, 0.15) is 12.6 Å². The molecule has 1 unspecified atom stereocenters. The van der Waals surface area contributed by atoms with E-state index < -0.39 is 0 Å². The molecule has 0 aromatic rings. The monoisotopic (exact) mass is 904 g/mol. The number of aldehydes is 2. The maximum absolute atomic E-state index is 10.3. The lowest BCUT2D eigenvalue weighted by Gasteiger charge is -2.22.